The summed E-state index contributed by atoms with van der Waals surface area (Å²) in [5.74, 6) is 2.17. The van der Waals surface area contributed by atoms with E-state index in [4.69, 9.17) is 9.47 Å². The average Bonchev–Trinajstić information content (AvgIpc) is 2.35. The second-order valence-corrected chi connectivity index (χ2v) is 8.94. The number of ether oxygens (including phenoxy) is 2. The van der Waals surface area contributed by atoms with Crippen LogP contribution in [0.15, 0.2) is 0 Å². The van der Waals surface area contributed by atoms with E-state index in [9.17, 15) is 0 Å². The first-order valence-corrected chi connectivity index (χ1v) is 9.85. The quantitative estimate of drug-likeness (QED) is 0.385. The Labute approximate surface area is 146 Å². The highest BCUT2D eigenvalue weighted by atomic mass is 16.5. The van der Waals surface area contributed by atoms with E-state index in [0.29, 0.717) is 18.1 Å². The molecule has 0 rings (SSSR count). The first-order chi connectivity index (χ1) is 10.6. The highest BCUT2D eigenvalue weighted by Crippen LogP contribution is 2.27. The molecule has 0 aliphatic carbocycles. The molecule has 0 aliphatic heterocycles. The Kier molecular flexibility index (Phi) is 11.4. The summed E-state index contributed by atoms with van der Waals surface area (Å²) in [6.07, 6.45) is 6.36. The Balaban J connectivity index is 4.47. The molecular weight excluding hydrogens is 284 g/mol. The van der Waals surface area contributed by atoms with Crippen molar-refractivity contribution in [2.75, 3.05) is 6.61 Å². The monoisotopic (exact) mass is 328 g/mol. The van der Waals surface area contributed by atoms with E-state index in [2.05, 4.69) is 62.3 Å². The zero-order valence-electron chi connectivity index (χ0n) is 17.4. The largest absolute Gasteiger partial charge is 0.378 e. The minimum atomic E-state index is -0.107. The summed E-state index contributed by atoms with van der Waals surface area (Å²) in [5.41, 5.74) is -0.107. The van der Waals surface area contributed by atoms with Gasteiger partial charge < -0.3 is 9.47 Å². The summed E-state index contributed by atoms with van der Waals surface area (Å²) in [7, 11) is 0. The Bertz CT molecular complexity index is 284. The molecule has 2 nitrogen and oxygen atoms in total. The van der Waals surface area contributed by atoms with Gasteiger partial charge in [-0.05, 0) is 70.6 Å². The van der Waals surface area contributed by atoms with E-state index >= 15 is 0 Å². The van der Waals surface area contributed by atoms with Gasteiger partial charge in [0.25, 0.3) is 0 Å². The number of rotatable bonds is 13. The highest BCUT2D eigenvalue weighted by Gasteiger charge is 2.26. The van der Waals surface area contributed by atoms with Crippen molar-refractivity contribution in [1.82, 2.24) is 0 Å². The third-order valence-electron chi connectivity index (χ3n) is 4.44. The SMILES string of the molecule is CCC(C)OCCC(C)(C)OC(CC(C)C)CC(C)CC(C)C. The Hall–Kier alpha value is -0.0800. The van der Waals surface area contributed by atoms with Crippen LogP contribution in [0.1, 0.15) is 94.4 Å². The summed E-state index contributed by atoms with van der Waals surface area (Å²) in [6, 6.07) is 0. The van der Waals surface area contributed by atoms with Crippen molar-refractivity contribution in [1.29, 1.82) is 0 Å². The van der Waals surface area contributed by atoms with Crippen molar-refractivity contribution in [3.63, 3.8) is 0 Å². The van der Waals surface area contributed by atoms with E-state index < -0.39 is 0 Å². The van der Waals surface area contributed by atoms with Crippen LogP contribution in [0.2, 0.25) is 0 Å². The molecule has 0 bridgehead atoms. The normalized spacial score (nSPS) is 16.8. The Morgan fingerprint density at radius 3 is 1.87 bits per heavy atom. The second-order valence-electron chi connectivity index (χ2n) is 8.94. The lowest BCUT2D eigenvalue weighted by Crippen LogP contribution is -2.34. The average molecular weight is 329 g/mol. The van der Waals surface area contributed by atoms with Crippen LogP contribution in [-0.2, 0) is 9.47 Å². The molecule has 3 unspecified atom stereocenters. The van der Waals surface area contributed by atoms with Gasteiger partial charge in [0.1, 0.15) is 0 Å². The predicted molar refractivity (Wildman–Crippen MR) is 102 cm³/mol. The summed E-state index contributed by atoms with van der Waals surface area (Å²) in [6.45, 7) is 21.1. The molecule has 23 heavy (non-hydrogen) atoms. The maximum absolute atomic E-state index is 6.54. The van der Waals surface area contributed by atoms with E-state index in [1.54, 1.807) is 0 Å². The van der Waals surface area contributed by atoms with Gasteiger partial charge in [0.15, 0.2) is 0 Å². The van der Waals surface area contributed by atoms with Crippen LogP contribution in [0, 0.1) is 17.8 Å². The Morgan fingerprint density at radius 1 is 0.826 bits per heavy atom. The van der Waals surface area contributed by atoms with Gasteiger partial charge >= 0.3 is 0 Å². The molecule has 0 amide bonds. The lowest BCUT2D eigenvalue weighted by Gasteiger charge is -2.33. The molecule has 0 spiro atoms. The lowest BCUT2D eigenvalue weighted by molar-refractivity contribution is -0.103. The van der Waals surface area contributed by atoms with E-state index in [-0.39, 0.29) is 5.60 Å². The first kappa shape index (κ1) is 22.9. The van der Waals surface area contributed by atoms with Crippen molar-refractivity contribution >= 4 is 0 Å². The molecule has 0 aromatic carbocycles. The van der Waals surface area contributed by atoms with Gasteiger partial charge in [0, 0.05) is 6.61 Å². The van der Waals surface area contributed by atoms with Crippen LogP contribution in [-0.4, -0.2) is 24.4 Å². The van der Waals surface area contributed by atoms with Crippen LogP contribution >= 0.6 is 0 Å². The zero-order chi connectivity index (χ0) is 18.0. The molecule has 0 aromatic heterocycles. The molecule has 0 N–H and O–H groups in total. The molecule has 3 atom stereocenters. The van der Waals surface area contributed by atoms with Gasteiger partial charge in [-0.1, -0.05) is 41.5 Å². The minimum Gasteiger partial charge on any atom is -0.378 e. The van der Waals surface area contributed by atoms with E-state index in [1.165, 1.54) is 12.8 Å². The Morgan fingerprint density at radius 2 is 1.39 bits per heavy atom. The van der Waals surface area contributed by atoms with Gasteiger partial charge in [-0.3, -0.25) is 0 Å². The van der Waals surface area contributed by atoms with Gasteiger partial charge in [-0.2, -0.15) is 0 Å². The van der Waals surface area contributed by atoms with Crippen LogP contribution in [0.25, 0.3) is 0 Å². The van der Waals surface area contributed by atoms with Crippen molar-refractivity contribution < 1.29 is 9.47 Å². The fourth-order valence-corrected chi connectivity index (χ4v) is 3.20. The molecule has 0 aliphatic rings. The fourth-order valence-electron chi connectivity index (χ4n) is 3.20. The topological polar surface area (TPSA) is 18.5 Å². The maximum atomic E-state index is 6.54. The summed E-state index contributed by atoms with van der Waals surface area (Å²) in [5, 5.41) is 0. The second kappa shape index (κ2) is 11.5. The van der Waals surface area contributed by atoms with Crippen molar-refractivity contribution in [3.05, 3.63) is 0 Å². The summed E-state index contributed by atoms with van der Waals surface area (Å²) >= 11 is 0. The molecular formula is C21H44O2. The predicted octanol–water partition coefficient (Wildman–Crippen LogP) is 6.47. The van der Waals surface area contributed by atoms with Crippen molar-refractivity contribution in [3.8, 4) is 0 Å². The van der Waals surface area contributed by atoms with Crippen molar-refractivity contribution in [2.24, 2.45) is 17.8 Å². The standard InChI is InChI=1S/C21H44O2/c1-10-19(7)22-12-11-21(8,9)23-20(14-17(4)5)15-18(6)13-16(2)3/h16-20H,10-15H2,1-9H3. The zero-order valence-corrected chi connectivity index (χ0v) is 17.4. The third kappa shape index (κ3) is 12.9. The third-order valence-corrected chi connectivity index (χ3v) is 4.44. The molecule has 0 heterocycles. The first-order valence-electron chi connectivity index (χ1n) is 9.85. The smallest absolute Gasteiger partial charge is 0.0652 e. The van der Waals surface area contributed by atoms with E-state index in [1.807, 2.05) is 0 Å². The van der Waals surface area contributed by atoms with Gasteiger partial charge in [-0.15, -0.1) is 0 Å². The van der Waals surface area contributed by atoms with Gasteiger partial charge in [0.05, 0.1) is 17.8 Å². The molecule has 0 aromatic rings. The van der Waals surface area contributed by atoms with E-state index in [0.717, 1.165) is 37.7 Å². The molecule has 0 radical (unpaired) electrons. The highest BCUT2D eigenvalue weighted by molar-refractivity contribution is 4.75. The molecule has 0 saturated carbocycles. The van der Waals surface area contributed by atoms with Crippen molar-refractivity contribution in [2.45, 2.75) is 112 Å². The fraction of sp³-hybridized carbons (Fsp3) is 1.00. The van der Waals surface area contributed by atoms with Crippen LogP contribution in [0.3, 0.4) is 0 Å². The molecule has 0 saturated heterocycles. The maximum Gasteiger partial charge on any atom is 0.0652 e. The number of hydrogen-bond acceptors (Lipinski definition) is 2. The van der Waals surface area contributed by atoms with Gasteiger partial charge in [-0.25, -0.2) is 0 Å². The summed E-state index contributed by atoms with van der Waals surface area (Å²) < 4.78 is 12.4. The number of hydrogen-bond donors (Lipinski definition) is 0. The lowest BCUT2D eigenvalue weighted by atomic mass is 9.90. The molecule has 140 valence electrons. The van der Waals surface area contributed by atoms with Crippen LogP contribution < -0.4 is 0 Å². The molecule has 0 fully saturated rings. The van der Waals surface area contributed by atoms with Crippen LogP contribution in [0.4, 0.5) is 0 Å². The summed E-state index contributed by atoms with van der Waals surface area (Å²) in [4.78, 5) is 0. The van der Waals surface area contributed by atoms with Crippen LogP contribution in [0.5, 0.6) is 0 Å². The van der Waals surface area contributed by atoms with Gasteiger partial charge in [0.2, 0.25) is 0 Å². The molecule has 2 heteroatoms. The minimum absolute atomic E-state index is 0.107.